The maximum Gasteiger partial charge on any atom is 0.354 e. The monoisotopic (exact) mass is 293 g/mol. The van der Waals surface area contributed by atoms with Gasteiger partial charge in [0.2, 0.25) is 11.8 Å². The van der Waals surface area contributed by atoms with E-state index in [1.54, 1.807) is 0 Å². The summed E-state index contributed by atoms with van der Waals surface area (Å²) < 4.78 is 4.48. The van der Waals surface area contributed by atoms with E-state index in [-0.39, 0.29) is 17.3 Å². The highest BCUT2D eigenvalue weighted by molar-refractivity contribution is 5.97. The van der Waals surface area contributed by atoms with Gasteiger partial charge in [0.15, 0.2) is 0 Å². The van der Waals surface area contributed by atoms with Gasteiger partial charge in [0.1, 0.15) is 17.4 Å². The highest BCUT2D eigenvalue weighted by Crippen LogP contribution is 2.10. The van der Waals surface area contributed by atoms with Gasteiger partial charge in [0, 0.05) is 6.42 Å². The average molecular weight is 293 g/mol. The third-order valence-electron chi connectivity index (χ3n) is 3.12. The summed E-state index contributed by atoms with van der Waals surface area (Å²) in [6.07, 6.45) is 1.55. The molecule has 8 nitrogen and oxygen atoms in total. The highest BCUT2D eigenvalue weighted by Gasteiger charge is 2.25. The number of aromatic nitrogens is 1. The Kier molecular flexibility index (Phi) is 4.36. The van der Waals surface area contributed by atoms with Crippen LogP contribution in [0.15, 0.2) is 16.9 Å². The number of amides is 2. The maximum atomic E-state index is 12.0. The number of hydrogen-bond acceptors (Lipinski definition) is 5. The van der Waals surface area contributed by atoms with Crippen LogP contribution < -0.4 is 16.2 Å². The summed E-state index contributed by atoms with van der Waals surface area (Å²) in [7, 11) is 1.20. The molecule has 3 N–H and O–H groups in total. The number of H-pyrrole nitrogens is 1. The lowest BCUT2D eigenvalue weighted by molar-refractivity contribution is -0.128. The first kappa shape index (κ1) is 14.8. The summed E-state index contributed by atoms with van der Waals surface area (Å²) in [6.45, 7) is 0. The van der Waals surface area contributed by atoms with E-state index in [1.165, 1.54) is 19.2 Å². The van der Waals surface area contributed by atoms with Crippen LogP contribution in [0.5, 0.6) is 0 Å². The first-order chi connectivity index (χ1) is 10.0. The zero-order valence-electron chi connectivity index (χ0n) is 11.4. The molecule has 0 bridgehead atoms. The van der Waals surface area contributed by atoms with Crippen LogP contribution in [0.1, 0.15) is 29.8 Å². The van der Waals surface area contributed by atoms with Crippen molar-refractivity contribution in [1.29, 1.82) is 0 Å². The molecule has 21 heavy (non-hydrogen) atoms. The van der Waals surface area contributed by atoms with Gasteiger partial charge in [-0.25, -0.2) is 4.79 Å². The van der Waals surface area contributed by atoms with E-state index in [1.807, 2.05) is 0 Å². The van der Waals surface area contributed by atoms with Crippen molar-refractivity contribution in [3.8, 4) is 0 Å². The van der Waals surface area contributed by atoms with E-state index in [2.05, 4.69) is 20.4 Å². The van der Waals surface area contributed by atoms with E-state index < -0.39 is 23.5 Å². The molecule has 0 aliphatic carbocycles. The normalized spacial score (nSPS) is 17.8. The lowest BCUT2D eigenvalue weighted by Crippen LogP contribution is -2.47. The van der Waals surface area contributed by atoms with Crippen LogP contribution in [-0.2, 0) is 14.3 Å². The first-order valence-corrected chi connectivity index (χ1v) is 6.43. The lowest BCUT2D eigenvalue weighted by atomic mass is 10.0. The molecule has 1 aliphatic heterocycles. The van der Waals surface area contributed by atoms with E-state index >= 15 is 0 Å². The number of nitrogens with one attached hydrogen (secondary N) is 3. The van der Waals surface area contributed by atoms with Gasteiger partial charge in [0.25, 0.3) is 5.56 Å². The van der Waals surface area contributed by atoms with Gasteiger partial charge >= 0.3 is 5.97 Å². The topological polar surface area (TPSA) is 117 Å². The van der Waals surface area contributed by atoms with Gasteiger partial charge in [-0.05, 0) is 25.0 Å². The first-order valence-electron chi connectivity index (χ1n) is 6.43. The van der Waals surface area contributed by atoms with Crippen LogP contribution in [0.4, 0.5) is 5.69 Å². The maximum absolute atomic E-state index is 12.0. The second-order valence-corrected chi connectivity index (χ2v) is 4.61. The quantitative estimate of drug-likeness (QED) is 0.665. The molecule has 1 saturated heterocycles. The van der Waals surface area contributed by atoms with Gasteiger partial charge in [0.05, 0.1) is 7.11 Å². The summed E-state index contributed by atoms with van der Waals surface area (Å²) in [6, 6.07) is 2.00. The Morgan fingerprint density at radius 1 is 1.33 bits per heavy atom. The molecule has 2 amide bonds. The lowest BCUT2D eigenvalue weighted by Gasteiger charge is -2.22. The molecule has 1 aromatic heterocycles. The molecule has 0 aromatic carbocycles. The zero-order valence-corrected chi connectivity index (χ0v) is 11.4. The number of rotatable bonds is 3. The summed E-state index contributed by atoms with van der Waals surface area (Å²) in [4.78, 5) is 48.6. The average Bonchev–Trinajstić information content (AvgIpc) is 2.48. The van der Waals surface area contributed by atoms with Crippen molar-refractivity contribution in [3.63, 3.8) is 0 Å². The number of piperidine rings is 1. The molecule has 0 radical (unpaired) electrons. The van der Waals surface area contributed by atoms with Gasteiger partial charge < -0.3 is 20.4 Å². The van der Waals surface area contributed by atoms with Gasteiger partial charge in [-0.2, -0.15) is 0 Å². The molecule has 1 fully saturated rings. The summed E-state index contributed by atoms with van der Waals surface area (Å²) in [5, 5.41) is 4.99. The van der Waals surface area contributed by atoms with E-state index in [0.717, 1.165) is 0 Å². The molecule has 112 valence electrons. The predicted molar refractivity (Wildman–Crippen MR) is 72.8 cm³/mol. The van der Waals surface area contributed by atoms with Crippen molar-refractivity contribution >= 4 is 23.5 Å². The third kappa shape index (κ3) is 3.47. The Balaban J connectivity index is 2.09. The van der Waals surface area contributed by atoms with E-state index in [9.17, 15) is 19.2 Å². The minimum absolute atomic E-state index is 0.00692. The number of carbonyl (C=O) groups excluding carboxylic acids is 3. The summed E-state index contributed by atoms with van der Waals surface area (Å²) in [5.41, 5.74) is -0.618. The molecule has 1 unspecified atom stereocenters. The van der Waals surface area contributed by atoms with Gasteiger partial charge in [-0.3, -0.25) is 14.4 Å². The molecule has 1 atom stereocenters. The number of ether oxygens (including phenoxy) is 1. The Labute approximate surface area is 119 Å². The largest absolute Gasteiger partial charge is 0.464 e. The SMILES string of the molecule is COC(=O)c1ccc(NC(=O)C2CCCC(=O)N2)c(=O)[nH]1. The number of methoxy groups -OCH3 is 1. The zero-order chi connectivity index (χ0) is 15.4. The van der Waals surface area contributed by atoms with Gasteiger partial charge in [-0.15, -0.1) is 0 Å². The van der Waals surface area contributed by atoms with Crippen molar-refractivity contribution < 1.29 is 19.1 Å². The molecule has 2 heterocycles. The molecule has 0 saturated carbocycles. The molecule has 0 spiro atoms. The molecule has 1 aromatic rings. The fourth-order valence-electron chi connectivity index (χ4n) is 2.02. The Bertz CT molecular complexity index is 637. The van der Waals surface area contributed by atoms with Crippen molar-refractivity contribution in [2.24, 2.45) is 0 Å². The number of anilines is 1. The Morgan fingerprint density at radius 3 is 2.71 bits per heavy atom. The number of pyridine rings is 1. The Morgan fingerprint density at radius 2 is 2.10 bits per heavy atom. The number of aromatic amines is 1. The van der Waals surface area contributed by atoms with Crippen molar-refractivity contribution in [2.45, 2.75) is 25.3 Å². The van der Waals surface area contributed by atoms with E-state index in [0.29, 0.717) is 19.3 Å². The van der Waals surface area contributed by atoms with Crippen molar-refractivity contribution in [1.82, 2.24) is 10.3 Å². The smallest absolute Gasteiger partial charge is 0.354 e. The van der Waals surface area contributed by atoms with Gasteiger partial charge in [-0.1, -0.05) is 0 Å². The summed E-state index contributed by atoms with van der Waals surface area (Å²) in [5.74, 6) is -1.32. The number of carbonyl (C=O) groups is 3. The standard InChI is InChI=1S/C13H15N3O5/c1-21-13(20)9-6-5-8(12(19)16-9)15-11(18)7-3-2-4-10(17)14-7/h5-7H,2-4H2,1H3,(H,14,17)(H,15,18)(H,16,19). The Hall–Kier alpha value is -2.64. The van der Waals surface area contributed by atoms with Crippen LogP contribution in [0.25, 0.3) is 0 Å². The number of esters is 1. The van der Waals surface area contributed by atoms with Crippen LogP contribution in [0, 0.1) is 0 Å². The summed E-state index contributed by atoms with van der Waals surface area (Å²) >= 11 is 0. The van der Waals surface area contributed by atoms with Crippen molar-refractivity contribution in [3.05, 3.63) is 28.2 Å². The predicted octanol–water partition coefficient (Wildman–Crippen LogP) is -0.231. The second kappa shape index (κ2) is 6.21. The fourth-order valence-corrected chi connectivity index (χ4v) is 2.02. The molecular formula is C13H15N3O5. The van der Waals surface area contributed by atoms with Crippen LogP contribution in [0.3, 0.4) is 0 Å². The van der Waals surface area contributed by atoms with Crippen LogP contribution in [0.2, 0.25) is 0 Å². The third-order valence-corrected chi connectivity index (χ3v) is 3.12. The molecule has 8 heteroatoms. The van der Waals surface area contributed by atoms with E-state index in [4.69, 9.17) is 0 Å². The minimum atomic E-state index is -0.676. The molecule has 1 aliphatic rings. The number of hydrogen-bond donors (Lipinski definition) is 3. The molecule has 2 rings (SSSR count). The van der Waals surface area contributed by atoms with Crippen LogP contribution >= 0.6 is 0 Å². The minimum Gasteiger partial charge on any atom is -0.464 e. The van der Waals surface area contributed by atoms with Crippen LogP contribution in [-0.4, -0.2) is 35.9 Å². The van der Waals surface area contributed by atoms with Crippen molar-refractivity contribution in [2.75, 3.05) is 12.4 Å². The fraction of sp³-hybridized carbons (Fsp3) is 0.385. The highest BCUT2D eigenvalue weighted by atomic mass is 16.5. The molecular weight excluding hydrogens is 278 g/mol. The second-order valence-electron chi connectivity index (χ2n) is 4.61.